The van der Waals surface area contributed by atoms with Gasteiger partial charge in [-0.3, -0.25) is 19.3 Å². The minimum Gasteiger partial charge on any atom is -0.459 e. The van der Waals surface area contributed by atoms with Crippen molar-refractivity contribution in [3.63, 3.8) is 0 Å². The molecule has 1 aliphatic rings. The van der Waals surface area contributed by atoms with Crippen molar-refractivity contribution in [2.45, 2.75) is 19.8 Å². The number of nitrogens with one attached hydrogen (secondary N) is 1. The average molecular weight is 370 g/mol. The van der Waals surface area contributed by atoms with Crippen molar-refractivity contribution in [2.75, 3.05) is 18.5 Å². The summed E-state index contributed by atoms with van der Waals surface area (Å²) in [6.45, 7) is 1.62. The molecule has 3 amide bonds. The van der Waals surface area contributed by atoms with E-state index in [1.165, 1.54) is 24.5 Å². The number of likely N-dealkylation sites (tertiary alicyclic amines) is 1. The fraction of sp³-hybridized carbons (Fsp3) is 0.263. The number of anilines is 1. The third-order valence-electron chi connectivity index (χ3n) is 4.17. The van der Waals surface area contributed by atoms with Crippen LogP contribution in [0.25, 0.3) is 0 Å². The van der Waals surface area contributed by atoms with Gasteiger partial charge in [0.05, 0.1) is 11.8 Å². The number of rotatable bonds is 5. The number of esters is 1. The lowest BCUT2D eigenvalue weighted by Gasteiger charge is -2.14. The second-order valence-electron chi connectivity index (χ2n) is 6.08. The van der Waals surface area contributed by atoms with Crippen molar-refractivity contribution in [3.05, 3.63) is 53.5 Å². The van der Waals surface area contributed by atoms with Gasteiger partial charge < -0.3 is 14.5 Å². The molecule has 8 heteroatoms. The Bertz CT molecular complexity index is 888. The van der Waals surface area contributed by atoms with Crippen molar-refractivity contribution in [1.82, 2.24) is 4.90 Å². The van der Waals surface area contributed by atoms with Crippen LogP contribution >= 0.6 is 0 Å². The molecule has 1 saturated heterocycles. The van der Waals surface area contributed by atoms with Crippen LogP contribution < -0.4 is 5.32 Å². The van der Waals surface area contributed by atoms with Crippen molar-refractivity contribution in [3.8, 4) is 0 Å². The second kappa shape index (κ2) is 7.86. The zero-order valence-corrected chi connectivity index (χ0v) is 14.7. The zero-order chi connectivity index (χ0) is 19.4. The average Bonchev–Trinajstić information content (AvgIpc) is 3.33. The second-order valence-corrected chi connectivity index (χ2v) is 6.08. The molecule has 27 heavy (non-hydrogen) atoms. The summed E-state index contributed by atoms with van der Waals surface area (Å²) < 4.78 is 10.0. The first-order chi connectivity index (χ1) is 13.0. The molecule has 0 bridgehead atoms. The fourth-order valence-corrected chi connectivity index (χ4v) is 2.68. The summed E-state index contributed by atoms with van der Waals surface area (Å²) in [4.78, 5) is 48.9. The van der Waals surface area contributed by atoms with Crippen LogP contribution in [0.3, 0.4) is 0 Å². The molecule has 2 heterocycles. The molecule has 1 aromatic carbocycles. The SMILES string of the molecule is Cc1ccc(C(=O)OCC(=O)N2CCCC2=O)cc1NC(=O)c1ccco1. The molecule has 0 unspecified atom stereocenters. The Morgan fingerprint density at radius 1 is 1.26 bits per heavy atom. The molecule has 1 fully saturated rings. The molecule has 8 nitrogen and oxygen atoms in total. The van der Waals surface area contributed by atoms with Crippen molar-refractivity contribution >= 4 is 29.4 Å². The normalized spacial score (nSPS) is 13.5. The maximum absolute atomic E-state index is 12.2. The minimum atomic E-state index is -0.719. The van der Waals surface area contributed by atoms with Crippen LogP contribution in [0.4, 0.5) is 5.69 Å². The lowest BCUT2D eigenvalue weighted by Crippen LogP contribution is -2.35. The highest BCUT2D eigenvalue weighted by molar-refractivity contribution is 6.03. The minimum absolute atomic E-state index is 0.142. The summed E-state index contributed by atoms with van der Waals surface area (Å²) in [5.74, 6) is -1.82. The van der Waals surface area contributed by atoms with Crippen LogP contribution in [0.2, 0.25) is 0 Å². The maximum atomic E-state index is 12.2. The van der Waals surface area contributed by atoms with Crippen LogP contribution in [-0.2, 0) is 14.3 Å². The Balaban J connectivity index is 1.64. The number of ether oxygens (including phenoxy) is 1. The number of benzene rings is 1. The number of nitrogens with zero attached hydrogens (tertiary/aromatic N) is 1. The van der Waals surface area contributed by atoms with Gasteiger partial charge in [-0.1, -0.05) is 6.07 Å². The van der Waals surface area contributed by atoms with Crippen molar-refractivity contribution in [1.29, 1.82) is 0 Å². The Morgan fingerprint density at radius 2 is 2.07 bits per heavy atom. The summed E-state index contributed by atoms with van der Waals surface area (Å²) in [7, 11) is 0. The van der Waals surface area contributed by atoms with Crippen molar-refractivity contribution < 1.29 is 28.3 Å². The molecule has 1 N–H and O–H groups in total. The van der Waals surface area contributed by atoms with E-state index in [4.69, 9.17) is 9.15 Å². The van der Waals surface area contributed by atoms with Crippen LogP contribution in [0.5, 0.6) is 0 Å². The molecule has 0 saturated carbocycles. The quantitative estimate of drug-likeness (QED) is 0.809. The molecule has 2 aromatic rings. The highest BCUT2D eigenvalue weighted by Crippen LogP contribution is 2.19. The van der Waals surface area contributed by atoms with Gasteiger partial charge in [0.25, 0.3) is 11.8 Å². The molecule has 1 aromatic heterocycles. The highest BCUT2D eigenvalue weighted by atomic mass is 16.5. The van der Waals surface area contributed by atoms with Gasteiger partial charge in [0, 0.05) is 18.7 Å². The third-order valence-corrected chi connectivity index (χ3v) is 4.17. The maximum Gasteiger partial charge on any atom is 0.338 e. The summed E-state index contributed by atoms with van der Waals surface area (Å²) in [6, 6.07) is 7.77. The molecule has 0 radical (unpaired) electrons. The van der Waals surface area contributed by atoms with Gasteiger partial charge in [-0.25, -0.2) is 4.79 Å². The standard InChI is InChI=1S/C19H18N2O6/c1-12-6-7-13(10-14(12)20-18(24)15-4-3-9-26-15)19(25)27-11-17(23)21-8-2-5-16(21)22/h3-4,6-7,9-10H,2,5,8,11H2,1H3,(H,20,24). The van der Waals surface area contributed by atoms with Gasteiger partial charge in [-0.2, -0.15) is 0 Å². The first kappa shape index (κ1) is 18.4. The monoisotopic (exact) mass is 370 g/mol. The molecule has 1 aliphatic heterocycles. The number of hydrogen-bond donors (Lipinski definition) is 1. The van der Waals surface area contributed by atoms with Gasteiger partial charge in [-0.15, -0.1) is 0 Å². The number of hydrogen-bond acceptors (Lipinski definition) is 6. The topological polar surface area (TPSA) is 106 Å². The van der Waals surface area contributed by atoms with Crippen LogP contribution in [0, 0.1) is 6.92 Å². The van der Waals surface area contributed by atoms with E-state index < -0.39 is 24.4 Å². The van der Waals surface area contributed by atoms with E-state index in [2.05, 4.69) is 5.32 Å². The Kier molecular flexibility index (Phi) is 5.35. The van der Waals surface area contributed by atoms with Gasteiger partial charge in [0.15, 0.2) is 12.4 Å². The number of furan rings is 1. The molecule has 140 valence electrons. The summed E-state index contributed by atoms with van der Waals surface area (Å²) >= 11 is 0. The van der Waals surface area contributed by atoms with E-state index in [1.54, 1.807) is 19.1 Å². The predicted octanol–water partition coefficient (Wildman–Crippen LogP) is 2.15. The van der Waals surface area contributed by atoms with Crippen LogP contribution in [0.15, 0.2) is 41.0 Å². The predicted molar refractivity (Wildman–Crippen MR) is 94.1 cm³/mol. The van der Waals surface area contributed by atoms with Crippen LogP contribution in [-0.4, -0.2) is 41.7 Å². The number of carbonyl (C=O) groups is 4. The third kappa shape index (κ3) is 4.22. The van der Waals surface area contributed by atoms with Gasteiger partial charge in [0.1, 0.15) is 0 Å². The summed E-state index contributed by atoms with van der Waals surface area (Å²) in [5, 5.41) is 2.66. The lowest BCUT2D eigenvalue weighted by molar-refractivity contribution is -0.143. The van der Waals surface area contributed by atoms with Gasteiger partial charge >= 0.3 is 5.97 Å². The number of aryl methyl sites for hydroxylation is 1. The van der Waals surface area contributed by atoms with Crippen LogP contribution in [0.1, 0.15) is 39.3 Å². The van der Waals surface area contributed by atoms with E-state index >= 15 is 0 Å². The van der Waals surface area contributed by atoms with E-state index in [0.717, 1.165) is 10.5 Å². The first-order valence-corrected chi connectivity index (χ1v) is 8.41. The molecule has 0 spiro atoms. The van der Waals surface area contributed by atoms with E-state index in [9.17, 15) is 19.2 Å². The molecule has 0 aliphatic carbocycles. The lowest BCUT2D eigenvalue weighted by atomic mass is 10.1. The van der Waals surface area contributed by atoms with Gasteiger partial charge in [-0.05, 0) is 43.2 Å². The zero-order valence-electron chi connectivity index (χ0n) is 14.7. The largest absolute Gasteiger partial charge is 0.459 e. The number of carbonyl (C=O) groups excluding carboxylic acids is 4. The molecule has 0 atom stereocenters. The molecular formula is C19H18N2O6. The Morgan fingerprint density at radius 3 is 2.74 bits per heavy atom. The van der Waals surface area contributed by atoms with Crippen molar-refractivity contribution in [2.24, 2.45) is 0 Å². The summed E-state index contributed by atoms with van der Waals surface area (Å²) in [5.41, 5.74) is 1.34. The molecular weight excluding hydrogens is 352 g/mol. The van der Waals surface area contributed by atoms with E-state index in [1.807, 2.05) is 0 Å². The van der Waals surface area contributed by atoms with E-state index in [0.29, 0.717) is 25.1 Å². The number of imide groups is 1. The molecule has 3 rings (SSSR count). The smallest absolute Gasteiger partial charge is 0.338 e. The Labute approximate surface area is 155 Å². The first-order valence-electron chi connectivity index (χ1n) is 8.41. The fourth-order valence-electron chi connectivity index (χ4n) is 2.68. The highest BCUT2D eigenvalue weighted by Gasteiger charge is 2.27. The van der Waals surface area contributed by atoms with E-state index in [-0.39, 0.29) is 17.2 Å². The number of amides is 3. The van der Waals surface area contributed by atoms with Gasteiger partial charge in [0.2, 0.25) is 5.91 Å². The Hall–Kier alpha value is -3.42. The summed E-state index contributed by atoms with van der Waals surface area (Å²) in [6.07, 6.45) is 2.34.